The van der Waals surface area contributed by atoms with Crippen molar-refractivity contribution < 1.29 is 14.7 Å². The van der Waals surface area contributed by atoms with Crippen molar-refractivity contribution in [3.05, 3.63) is 47.8 Å². The molecule has 2 aromatic heterocycles. The predicted molar refractivity (Wildman–Crippen MR) is 77.4 cm³/mol. The van der Waals surface area contributed by atoms with E-state index in [4.69, 9.17) is 16.7 Å². The number of nitrogens with two attached hydrogens (primary N) is 2. The van der Waals surface area contributed by atoms with E-state index in [1.807, 2.05) is 0 Å². The minimum atomic E-state index is -1.15. The molecule has 0 bridgehead atoms. The van der Waals surface area contributed by atoms with Gasteiger partial charge in [0.25, 0.3) is 0 Å². The van der Waals surface area contributed by atoms with E-state index in [0.717, 1.165) is 5.12 Å². The molecule has 0 fully saturated rings. The Morgan fingerprint density at radius 3 is 2.55 bits per heavy atom. The fourth-order valence-electron chi connectivity index (χ4n) is 1.59. The molecule has 2 heterocycles. The summed E-state index contributed by atoms with van der Waals surface area (Å²) in [6.07, 6.45) is 2.69. The molecule has 0 unspecified atom stereocenters. The predicted octanol–water partition coefficient (Wildman–Crippen LogP) is -0.514. The van der Waals surface area contributed by atoms with Gasteiger partial charge < -0.3 is 10.8 Å². The van der Waals surface area contributed by atoms with Crippen molar-refractivity contribution in [3.63, 3.8) is 0 Å². The Balaban J connectivity index is 2.26. The van der Waals surface area contributed by atoms with Gasteiger partial charge in [0, 0.05) is 12.4 Å². The molecule has 0 aliphatic carbocycles. The normalized spacial score (nSPS) is 10.0. The van der Waals surface area contributed by atoms with Crippen LogP contribution in [0.2, 0.25) is 0 Å². The van der Waals surface area contributed by atoms with Crippen molar-refractivity contribution >= 4 is 23.5 Å². The van der Waals surface area contributed by atoms with Gasteiger partial charge in [-0.25, -0.2) is 14.8 Å². The number of hydrogen-bond acceptors (Lipinski definition) is 8. The maximum atomic E-state index is 11.1. The molecule has 0 radical (unpaired) electrons. The summed E-state index contributed by atoms with van der Waals surface area (Å²) in [6.45, 7) is 0. The van der Waals surface area contributed by atoms with E-state index in [-0.39, 0.29) is 22.8 Å². The standard InChI is InChI=1S/C12H13N7O3/c13-10(20)7-3-4-9(16-6-7)19(18-14)17-11-8(12(21)22)2-1-5-15-11/h1-6,18H,14H2,(H2,13,20)(H,15,17)(H,21,22). The summed E-state index contributed by atoms with van der Waals surface area (Å²) in [4.78, 5) is 30.0. The van der Waals surface area contributed by atoms with E-state index in [2.05, 4.69) is 20.9 Å². The topological polar surface area (TPSA) is 159 Å². The molecule has 22 heavy (non-hydrogen) atoms. The molecule has 2 rings (SSSR count). The van der Waals surface area contributed by atoms with Crippen LogP contribution in [0.3, 0.4) is 0 Å². The number of aromatic carboxylic acids is 1. The number of primary amides is 1. The number of aromatic nitrogens is 2. The van der Waals surface area contributed by atoms with Gasteiger partial charge in [-0.3, -0.25) is 16.1 Å². The first-order chi connectivity index (χ1) is 10.5. The Bertz CT molecular complexity index is 689. The smallest absolute Gasteiger partial charge is 0.339 e. The molecule has 10 nitrogen and oxygen atoms in total. The van der Waals surface area contributed by atoms with E-state index < -0.39 is 11.9 Å². The SMILES string of the molecule is NNN(Nc1ncccc1C(=O)O)c1ccc(C(N)=O)cn1. The number of hydrazine groups is 3. The highest BCUT2D eigenvalue weighted by molar-refractivity contribution is 5.93. The molecule has 0 aliphatic rings. The van der Waals surface area contributed by atoms with Gasteiger partial charge in [-0.1, -0.05) is 0 Å². The Morgan fingerprint density at radius 2 is 2.00 bits per heavy atom. The zero-order chi connectivity index (χ0) is 16.1. The molecule has 0 aromatic carbocycles. The number of nitrogens with one attached hydrogen (secondary N) is 2. The Morgan fingerprint density at radius 1 is 1.23 bits per heavy atom. The zero-order valence-corrected chi connectivity index (χ0v) is 11.2. The average Bonchev–Trinajstić information content (AvgIpc) is 2.53. The van der Waals surface area contributed by atoms with Crippen molar-refractivity contribution in [2.45, 2.75) is 0 Å². The van der Waals surface area contributed by atoms with Gasteiger partial charge in [-0.2, -0.15) is 10.7 Å². The Hall–Kier alpha value is -3.24. The zero-order valence-electron chi connectivity index (χ0n) is 11.2. The number of hydrogen-bond donors (Lipinski definition) is 5. The van der Waals surface area contributed by atoms with Crippen LogP contribution >= 0.6 is 0 Å². The van der Waals surface area contributed by atoms with Crippen LogP contribution in [0.15, 0.2) is 36.7 Å². The van der Waals surface area contributed by atoms with E-state index in [9.17, 15) is 9.59 Å². The van der Waals surface area contributed by atoms with Crippen molar-refractivity contribution in [1.29, 1.82) is 0 Å². The molecule has 0 atom stereocenters. The van der Waals surface area contributed by atoms with E-state index >= 15 is 0 Å². The minimum absolute atomic E-state index is 0.0449. The fourth-order valence-corrected chi connectivity index (χ4v) is 1.59. The number of carboxylic acid groups (broad SMARTS) is 1. The minimum Gasteiger partial charge on any atom is -0.478 e. The molecule has 0 spiro atoms. The lowest BCUT2D eigenvalue weighted by Crippen LogP contribution is -2.48. The van der Waals surface area contributed by atoms with Gasteiger partial charge in [0.1, 0.15) is 5.56 Å². The van der Waals surface area contributed by atoms with E-state index in [1.165, 1.54) is 36.7 Å². The first kappa shape index (κ1) is 15.2. The molecule has 10 heteroatoms. The van der Waals surface area contributed by atoms with E-state index in [1.54, 1.807) is 0 Å². The third kappa shape index (κ3) is 3.26. The summed E-state index contributed by atoms with van der Waals surface area (Å²) in [7, 11) is 0. The maximum absolute atomic E-state index is 11.1. The fraction of sp³-hybridized carbons (Fsp3) is 0. The van der Waals surface area contributed by atoms with Gasteiger partial charge in [0.15, 0.2) is 11.6 Å². The number of carbonyl (C=O) groups is 2. The molecular formula is C12H13N7O3. The average molecular weight is 303 g/mol. The van der Waals surface area contributed by atoms with E-state index in [0.29, 0.717) is 0 Å². The van der Waals surface area contributed by atoms with Crippen LogP contribution in [-0.4, -0.2) is 27.0 Å². The Kier molecular flexibility index (Phi) is 4.46. The summed E-state index contributed by atoms with van der Waals surface area (Å²) in [5.41, 5.74) is 10.3. The quantitative estimate of drug-likeness (QED) is 0.349. The molecule has 1 amide bonds. The van der Waals surface area contributed by atoms with Crippen LogP contribution in [0, 0.1) is 0 Å². The number of carbonyl (C=O) groups excluding carboxylic acids is 1. The van der Waals surface area contributed by atoms with Crippen LogP contribution < -0.4 is 27.7 Å². The number of anilines is 2. The summed E-state index contributed by atoms with van der Waals surface area (Å²) in [5.74, 6) is 3.96. The maximum Gasteiger partial charge on any atom is 0.339 e. The highest BCUT2D eigenvalue weighted by Crippen LogP contribution is 2.15. The largest absolute Gasteiger partial charge is 0.478 e. The second kappa shape index (κ2) is 6.47. The lowest BCUT2D eigenvalue weighted by atomic mass is 10.2. The third-order valence-corrected chi connectivity index (χ3v) is 2.65. The monoisotopic (exact) mass is 303 g/mol. The number of amides is 1. The summed E-state index contributed by atoms with van der Waals surface area (Å²) in [6, 6.07) is 5.80. The van der Waals surface area contributed by atoms with Gasteiger partial charge in [-0.05, 0) is 24.3 Å². The van der Waals surface area contributed by atoms with Gasteiger partial charge >= 0.3 is 5.97 Å². The van der Waals surface area contributed by atoms with Crippen molar-refractivity contribution in [1.82, 2.24) is 15.5 Å². The molecule has 7 N–H and O–H groups in total. The highest BCUT2D eigenvalue weighted by Gasteiger charge is 2.14. The van der Waals surface area contributed by atoms with Crippen molar-refractivity contribution in [3.8, 4) is 0 Å². The molecule has 0 saturated heterocycles. The van der Waals surface area contributed by atoms with Gasteiger partial charge in [0.2, 0.25) is 5.91 Å². The second-order valence-electron chi connectivity index (χ2n) is 4.05. The summed E-state index contributed by atoms with van der Waals surface area (Å²) < 4.78 is 0. The molecule has 0 saturated carbocycles. The van der Waals surface area contributed by atoms with Crippen molar-refractivity contribution in [2.75, 3.05) is 10.5 Å². The van der Waals surface area contributed by atoms with Crippen LogP contribution in [0.25, 0.3) is 0 Å². The second-order valence-corrected chi connectivity index (χ2v) is 4.05. The summed E-state index contributed by atoms with van der Waals surface area (Å²) >= 11 is 0. The number of pyridine rings is 2. The van der Waals surface area contributed by atoms with Crippen LogP contribution in [0.4, 0.5) is 11.6 Å². The van der Waals surface area contributed by atoms with Gasteiger partial charge in [-0.15, -0.1) is 0 Å². The highest BCUT2D eigenvalue weighted by atomic mass is 16.4. The first-order valence-electron chi connectivity index (χ1n) is 6.00. The number of nitrogens with zero attached hydrogens (tertiary/aromatic N) is 3. The Labute approximate surface area is 124 Å². The molecule has 2 aromatic rings. The molecule has 114 valence electrons. The van der Waals surface area contributed by atoms with Gasteiger partial charge in [0.05, 0.1) is 5.56 Å². The lowest BCUT2D eigenvalue weighted by Gasteiger charge is -2.23. The first-order valence-corrected chi connectivity index (χ1v) is 6.00. The summed E-state index contributed by atoms with van der Waals surface area (Å²) in [5, 5.41) is 10.2. The van der Waals surface area contributed by atoms with Crippen LogP contribution in [-0.2, 0) is 0 Å². The molecular weight excluding hydrogens is 290 g/mol. The van der Waals surface area contributed by atoms with Crippen molar-refractivity contribution in [2.24, 2.45) is 11.6 Å². The molecule has 0 aliphatic heterocycles. The number of carboxylic acids is 1. The van der Waals surface area contributed by atoms with Crippen LogP contribution in [0.5, 0.6) is 0 Å². The lowest BCUT2D eigenvalue weighted by molar-refractivity contribution is 0.0697. The number of rotatable bonds is 6. The van der Waals surface area contributed by atoms with Crippen LogP contribution in [0.1, 0.15) is 20.7 Å². The third-order valence-electron chi connectivity index (χ3n) is 2.65.